The Morgan fingerprint density at radius 1 is 1.17 bits per heavy atom. The molecule has 0 saturated carbocycles. The molecule has 0 radical (unpaired) electrons. The molecule has 0 bridgehead atoms. The number of furan rings is 1. The predicted molar refractivity (Wildman–Crippen MR) is 106 cm³/mol. The number of guanidine groups is 1. The van der Waals surface area contributed by atoms with E-state index >= 15 is 0 Å². The van der Waals surface area contributed by atoms with Gasteiger partial charge in [-0.3, -0.25) is 9.79 Å². The average molecular weight is 408 g/mol. The first kappa shape index (κ1) is 22.2. The molecule has 1 heterocycles. The van der Waals surface area contributed by atoms with Gasteiger partial charge in [-0.05, 0) is 32.4 Å². The van der Waals surface area contributed by atoms with Crippen LogP contribution in [0.25, 0.3) is 0 Å². The first-order chi connectivity index (χ1) is 13.9. The van der Waals surface area contributed by atoms with Gasteiger partial charge in [0.2, 0.25) is 0 Å². The van der Waals surface area contributed by atoms with E-state index in [-0.39, 0.29) is 18.2 Å². The molecule has 0 aliphatic heterocycles. The molecule has 2 rings (SSSR count). The van der Waals surface area contributed by atoms with E-state index in [1.165, 1.54) is 12.3 Å². The molecule has 1 aromatic heterocycles. The number of alkyl halides is 2. The van der Waals surface area contributed by atoms with Crippen molar-refractivity contribution in [2.45, 2.75) is 33.4 Å². The van der Waals surface area contributed by atoms with E-state index in [1.807, 2.05) is 13.8 Å². The van der Waals surface area contributed by atoms with Gasteiger partial charge in [0, 0.05) is 37.8 Å². The lowest BCUT2D eigenvalue weighted by molar-refractivity contribution is -0.0504. The third kappa shape index (κ3) is 7.10. The summed E-state index contributed by atoms with van der Waals surface area (Å²) in [6.45, 7) is 2.10. The van der Waals surface area contributed by atoms with Crippen LogP contribution in [0.4, 0.5) is 8.78 Å². The van der Waals surface area contributed by atoms with Crippen molar-refractivity contribution in [3.8, 4) is 5.75 Å². The molecule has 158 valence electrons. The molecule has 29 heavy (non-hydrogen) atoms. The molecule has 1 amide bonds. The van der Waals surface area contributed by atoms with Crippen molar-refractivity contribution < 1.29 is 22.7 Å². The number of aliphatic imine (C=N–C) groups is 1. The molecule has 0 saturated heterocycles. The van der Waals surface area contributed by atoms with Gasteiger partial charge in [0.05, 0.1) is 6.26 Å². The van der Waals surface area contributed by atoms with E-state index in [0.717, 1.165) is 11.1 Å². The van der Waals surface area contributed by atoms with Gasteiger partial charge in [0.1, 0.15) is 5.75 Å². The first-order valence-electron chi connectivity index (χ1n) is 9.22. The van der Waals surface area contributed by atoms with E-state index in [2.05, 4.69) is 25.7 Å². The fourth-order valence-corrected chi connectivity index (χ4v) is 2.64. The third-order valence-corrected chi connectivity index (χ3v) is 4.10. The van der Waals surface area contributed by atoms with Crippen molar-refractivity contribution in [3.05, 3.63) is 53.0 Å². The maximum absolute atomic E-state index is 12.6. The van der Waals surface area contributed by atoms with Gasteiger partial charge in [-0.15, -0.1) is 0 Å². The highest BCUT2D eigenvalue weighted by Gasteiger charge is 2.12. The summed E-state index contributed by atoms with van der Waals surface area (Å²) in [4.78, 5) is 16.1. The predicted octanol–water partition coefficient (Wildman–Crippen LogP) is 2.98. The molecule has 3 N–H and O–H groups in total. The van der Waals surface area contributed by atoms with Crippen LogP contribution in [0.1, 0.15) is 33.7 Å². The molecule has 0 atom stereocenters. The molecule has 9 heteroatoms. The minimum absolute atomic E-state index is 0.129. The minimum atomic E-state index is -2.88. The molecule has 0 unspecified atom stereocenters. The second-order valence-corrected chi connectivity index (χ2v) is 6.38. The zero-order valence-electron chi connectivity index (χ0n) is 16.7. The number of nitrogens with zero attached hydrogens (tertiary/aromatic N) is 1. The number of aryl methyl sites for hydroxylation is 2. The monoisotopic (exact) mass is 408 g/mol. The summed E-state index contributed by atoms with van der Waals surface area (Å²) >= 11 is 0. The molecule has 7 nitrogen and oxygen atoms in total. The molecular weight excluding hydrogens is 382 g/mol. The van der Waals surface area contributed by atoms with Gasteiger partial charge < -0.3 is 25.1 Å². The number of carbonyl (C=O) groups is 1. The number of nitrogens with one attached hydrogen (secondary N) is 3. The van der Waals surface area contributed by atoms with Crippen molar-refractivity contribution in [1.29, 1.82) is 0 Å². The smallest absolute Gasteiger partial charge is 0.387 e. The number of hydrogen-bond acceptors (Lipinski definition) is 4. The standard InChI is InChI=1S/C20H26F2N4O3/c1-13-5-6-16(29-19(21)22)15(11-13)12-26-20(23-3)25-9-4-8-24-18(27)17-14(2)7-10-28-17/h5-7,10-11,19H,4,8-9,12H2,1-3H3,(H,24,27)(H2,23,25,26). The third-order valence-electron chi connectivity index (χ3n) is 4.10. The first-order valence-corrected chi connectivity index (χ1v) is 9.22. The Hall–Kier alpha value is -3.10. The van der Waals surface area contributed by atoms with Crippen LogP contribution in [-0.2, 0) is 6.54 Å². The molecule has 0 aliphatic rings. The van der Waals surface area contributed by atoms with Gasteiger partial charge >= 0.3 is 6.61 Å². The number of hydrogen-bond donors (Lipinski definition) is 3. The van der Waals surface area contributed by atoms with Crippen LogP contribution in [0.2, 0.25) is 0 Å². The molecule has 0 spiro atoms. The van der Waals surface area contributed by atoms with Crippen molar-refractivity contribution in [2.75, 3.05) is 20.1 Å². The lowest BCUT2D eigenvalue weighted by Crippen LogP contribution is -2.38. The number of carbonyl (C=O) groups excluding carboxylic acids is 1. The Morgan fingerprint density at radius 3 is 2.59 bits per heavy atom. The van der Waals surface area contributed by atoms with Crippen molar-refractivity contribution >= 4 is 11.9 Å². The summed E-state index contributed by atoms with van der Waals surface area (Å²) in [5.74, 6) is 0.712. The van der Waals surface area contributed by atoms with Gasteiger partial charge in [-0.25, -0.2) is 0 Å². The van der Waals surface area contributed by atoms with Gasteiger partial charge in [0.15, 0.2) is 11.7 Å². The summed E-state index contributed by atoms with van der Waals surface area (Å²) in [5.41, 5.74) is 2.33. The maximum Gasteiger partial charge on any atom is 0.387 e. The van der Waals surface area contributed by atoms with Crippen LogP contribution >= 0.6 is 0 Å². The van der Waals surface area contributed by atoms with Gasteiger partial charge in [0.25, 0.3) is 5.91 Å². The largest absolute Gasteiger partial charge is 0.459 e. The van der Waals surface area contributed by atoms with Crippen molar-refractivity contribution in [1.82, 2.24) is 16.0 Å². The lowest BCUT2D eigenvalue weighted by Gasteiger charge is -2.15. The lowest BCUT2D eigenvalue weighted by atomic mass is 10.1. The normalized spacial score (nSPS) is 11.4. The Kier molecular flexibility index (Phi) is 8.45. The van der Waals surface area contributed by atoms with E-state index in [4.69, 9.17) is 4.42 Å². The van der Waals surface area contributed by atoms with Crippen molar-refractivity contribution in [2.24, 2.45) is 4.99 Å². The average Bonchev–Trinajstić information content (AvgIpc) is 3.11. The highest BCUT2D eigenvalue weighted by molar-refractivity contribution is 5.92. The fourth-order valence-electron chi connectivity index (χ4n) is 2.64. The Balaban J connectivity index is 1.75. The highest BCUT2D eigenvalue weighted by atomic mass is 19.3. The topological polar surface area (TPSA) is 87.9 Å². The molecule has 2 aromatic rings. The van der Waals surface area contributed by atoms with Crippen LogP contribution in [0.5, 0.6) is 5.75 Å². The molecule has 0 fully saturated rings. The zero-order valence-corrected chi connectivity index (χ0v) is 16.7. The highest BCUT2D eigenvalue weighted by Crippen LogP contribution is 2.21. The van der Waals surface area contributed by atoms with E-state index < -0.39 is 6.61 Å². The number of ether oxygens (including phenoxy) is 1. The van der Waals surface area contributed by atoms with E-state index in [9.17, 15) is 13.6 Å². The van der Waals surface area contributed by atoms with Crippen LogP contribution in [-0.4, -0.2) is 38.6 Å². The second kappa shape index (κ2) is 11.0. The minimum Gasteiger partial charge on any atom is -0.459 e. The number of halogens is 2. The fraction of sp³-hybridized carbons (Fsp3) is 0.400. The molecule has 0 aliphatic carbocycles. The second-order valence-electron chi connectivity index (χ2n) is 6.38. The number of amides is 1. The summed E-state index contributed by atoms with van der Waals surface area (Å²) < 4.78 is 34.8. The summed E-state index contributed by atoms with van der Waals surface area (Å²) in [6.07, 6.45) is 2.14. The Morgan fingerprint density at radius 2 is 1.93 bits per heavy atom. The van der Waals surface area contributed by atoms with Gasteiger partial charge in [-0.2, -0.15) is 8.78 Å². The molecular formula is C20H26F2N4O3. The SMILES string of the molecule is CN=C(NCCCNC(=O)c1occc1C)NCc1cc(C)ccc1OC(F)F. The zero-order chi connectivity index (χ0) is 21.2. The van der Waals surface area contributed by atoms with Crippen LogP contribution in [0.15, 0.2) is 39.9 Å². The summed E-state index contributed by atoms with van der Waals surface area (Å²) in [7, 11) is 1.61. The van der Waals surface area contributed by atoms with E-state index in [1.54, 1.807) is 25.2 Å². The van der Waals surface area contributed by atoms with Crippen LogP contribution in [0, 0.1) is 13.8 Å². The Bertz CT molecular complexity index is 837. The molecule has 1 aromatic carbocycles. The summed E-state index contributed by atoms with van der Waals surface area (Å²) in [6, 6.07) is 6.76. The quantitative estimate of drug-likeness (QED) is 0.337. The van der Waals surface area contributed by atoms with Crippen LogP contribution < -0.4 is 20.7 Å². The van der Waals surface area contributed by atoms with Gasteiger partial charge in [-0.1, -0.05) is 17.7 Å². The van der Waals surface area contributed by atoms with Crippen molar-refractivity contribution in [3.63, 3.8) is 0 Å². The number of benzene rings is 1. The van der Waals surface area contributed by atoms with E-state index in [0.29, 0.717) is 36.8 Å². The van der Waals surface area contributed by atoms with Crippen LogP contribution in [0.3, 0.4) is 0 Å². The maximum atomic E-state index is 12.6. The number of rotatable bonds is 9. The summed E-state index contributed by atoms with van der Waals surface area (Å²) in [5, 5.41) is 8.96. The Labute approximate surface area is 168 Å².